The number of rotatable bonds is 1. The van der Waals surface area contributed by atoms with Gasteiger partial charge in [-0.05, 0) is 35.4 Å². The van der Waals surface area contributed by atoms with Crippen molar-refractivity contribution >= 4 is 17.6 Å². The molecule has 1 aliphatic carbocycles. The molecule has 0 saturated carbocycles. The fourth-order valence-corrected chi connectivity index (χ4v) is 3.43. The summed E-state index contributed by atoms with van der Waals surface area (Å²) in [5, 5.41) is 10.2. The summed E-state index contributed by atoms with van der Waals surface area (Å²) in [6.45, 7) is 6.30. The van der Waals surface area contributed by atoms with Crippen LogP contribution in [0.1, 0.15) is 44.2 Å². The lowest BCUT2D eigenvalue weighted by Crippen LogP contribution is -2.35. The fourth-order valence-electron chi connectivity index (χ4n) is 3.15. The van der Waals surface area contributed by atoms with E-state index in [2.05, 4.69) is 20.8 Å². The smallest absolute Gasteiger partial charge is 0.307 e. The van der Waals surface area contributed by atoms with Crippen molar-refractivity contribution in [3.63, 3.8) is 0 Å². The molecule has 0 bridgehead atoms. The highest BCUT2D eigenvalue weighted by atomic mass is 35.5. The predicted molar refractivity (Wildman–Crippen MR) is 73.1 cm³/mol. The highest BCUT2D eigenvalue weighted by Gasteiger charge is 2.41. The number of hydrogen-bond donors (Lipinski definition) is 1. The highest BCUT2D eigenvalue weighted by Crippen LogP contribution is 2.48. The van der Waals surface area contributed by atoms with Gasteiger partial charge in [-0.2, -0.15) is 0 Å². The number of carboxylic acids is 1. The second kappa shape index (κ2) is 4.58. The van der Waals surface area contributed by atoms with Gasteiger partial charge in [0.1, 0.15) is 0 Å². The molecule has 0 amide bonds. The number of halogens is 1. The third kappa shape index (κ3) is 2.26. The second-order valence-corrected chi connectivity index (χ2v) is 6.54. The number of carboxylic acid groups (broad SMARTS) is 1. The number of benzene rings is 1. The van der Waals surface area contributed by atoms with E-state index in [0.717, 1.165) is 22.6 Å². The Kier molecular flexibility index (Phi) is 3.41. The van der Waals surface area contributed by atoms with E-state index in [-0.39, 0.29) is 17.3 Å². The summed E-state index contributed by atoms with van der Waals surface area (Å²) < 4.78 is 0. The van der Waals surface area contributed by atoms with E-state index in [0.29, 0.717) is 6.42 Å². The number of hydrogen-bond acceptors (Lipinski definition) is 1. The first kappa shape index (κ1) is 13.4. The molecule has 0 aliphatic heterocycles. The lowest BCUT2D eigenvalue weighted by Gasteiger charge is -2.40. The van der Waals surface area contributed by atoms with E-state index in [1.165, 1.54) is 0 Å². The van der Waals surface area contributed by atoms with Crippen molar-refractivity contribution in [1.82, 2.24) is 0 Å². The zero-order chi connectivity index (χ0) is 13.5. The summed E-state index contributed by atoms with van der Waals surface area (Å²) in [4.78, 5) is 11.5. The van der Waals surface area contributed by atoms with Crippen molar-refractivity contribution in [2.45, 2.75) is 39.5 Å². The van der Waals surface area contributed by atoms with Gasteiger partial charge in [0.15, 0.2) is 0 Å². The zero-order valence-electron chi connectivity index (χ0n) is 11.0. The van der Waals surface area contributed by atoms with E-state index >= 15 is 0 Å². The van der Waals surface area contributed by atoms with E-state index in [4.69, 9.17) is 11.6 Å². The van der Waals surface area contributed by atoms with Crippen molar-refractivity contribution in [1.29, 1.82) is 0 Å². The molecule has 1 aliphatic rings. The first-order valence-corrected chi connectivity index (χ1v) is 6.70. The van der Waals surface area contributed by atoms with Crippen LogP contribution >= 0.6 is 11.6 Å². The highest BCUT2D eigenvalue weighted by molar-refractivity contribution is 6.31. The van der Waals surface area contributed by atoms with Gasteiger partial charge < -0.3 is 5.11 Å². The van der Waals surface area contributed by atoms with Crippen LogP contribution in [-0.2, 0) is 11.2 Å². The van der Waals surface area contributed by atoms with Gasteiger partial charge in [-0.1, -0.05) is 44.5 Å². The van der Waals surface area contributed by atoms with E-state index < -0.39 is 5.97 Å². The molecule has 0 saturated heterocycles. The molecule has 1 aromatic carbocycles. The molecule has 0 spiro atoms. The monoisotopic (exact) mass is 266 g/mol. The first-order valence-electron chi connectivity index (χ1n) is 6.32. The predicted octanol–water partition coefficient (Wildman–Crippen LogP) is 4.12. The SMILES string of the molecule is CC(C)(C)C1c2cccc(Cl)c2CCC1C(=O)O. The molecule has 2 atom stereocenters. The molecule has 1 N–H and O–H groups in total. The molecule has 2 rings (SSSR count). The fraction of sp³-hybridized carbons (Fsp3) is 0.533. The molecule has 0 fully saturated rings. The quantitative estimate of drug-likeness (QED) is 0.830. The topological polar surface area (TPSA) is 37.3 Å². The molecule has 18 heavy (non-hydrogen) atoms. The van der Waals surface area contributed by atoms with Crippen molar-refractivity contribution in [3.8, 4) is 0 Å². The summed E-state index contributed by atoms with van der Waals surface area (Å²) in [6.07, 6.45) is 1.44. The van der Waals surface area contributed by atoms with E-state index in [1.54, 1.807) is 0 Å². The molecule has 0 aromatic heterocycles. The summed E-state index contributed by atoms with van der Waals surface area (Å²) in [7, 11) is 0. The molecule has 0 heterocycles. The largest absolute Gasteiger partial charge is 0.481 e. The van der Waals surface area contributed by atoms with Crippen molar-refractivity contribution in [2.24, 2.45) is 11.3 Å². The van der Waals surface area contributed by atoms with Crippen molar-refractivity contribution in [2.75, 3.05) is 0 Å². The molecule has 3 heteroatoms. The first-order chi connectivity index (χ1) is 8.32. The van der Waals surface area contributed by atoms with Gasteiger partial charge in [0, 0.05) is 10.9 Å². The summed E-state index contributed by atoms with van der Waals surface area (Å²) in [5.41, 5.74) is 2.17. The normalized spacial score (nSPS) is 23.6. The molecule has 2 unspecified atom stereocenters. The van der Waals surface area contributed by atoms with Crippen LogP contribution in [0.2, 0.25) is 5.02 Å². The number of fused-ring (bicyclic) bond motifs is 1. The van der Waals surface area contributed by atoms with Gasteiger partial charge in [-0.3, -0.25) is 4.79 Å². The standard InChI is InChI=1S/C15H19ClO2/c1-15(2,3)13-10-5-4-6-12(16)9(10)7-8-11(13)14(17)18/h4-6,11,13H,7-8H2,1-3H3,(H,17,18). The zero-order valence-corrected chi connectivity index (χ0v) is 11.8. The Bertz CT molecular complexity index is 474. The molecule has 0 radical (unpaired) electrons. The van der Waals surface area contributed by atoms with Crippen LogP contribution in [0.25, 0.3) is 0 Å². The van der Waals surface area contributed by atoms with Crippen LogP contribution in [0.5, 0.6) is 0 Å². The third-order valence-electron chi connectivity index (χ3n) is 3.85. The minimum absolute atomic E-state index is 0.0254. The van der Waals surface area contributed by atoms with Crippen LogP contribution in [-0.4, -0.2) is 11.1 Å². The van der Waals surface area contributed by atoms with Gasteiger partial charge in [0.05, 0.1) is 5.92 Å². The maximum Gasteiger partial charge on any atom is 0.307 e. The maximum atomic E-state index is 11.5. The van der Waals surface area contributed by atoms with Gasteiger partial charge >= 0.3 is 5.97 Å². The molecular formula is C15H19ClO2. The van der Waals surface area contributed by atoms with Gasteiger partial charge in [0.25, 0.3) is 0 Å². The Hall–Kier alpha value is -1.02. The molecule has 1 aromatic rings. The third-order valence-corrected chi connectivity index (χ3v) is 4.20. The van der Waals surface area contributed by atoms with E-state index in [9.17, 15) is 9.90 Å². The van der Waals surface area contributed by atoms with Crippen LogP contribution < -0.4 is 0 Å². The second-order valence-electron chi connectivity index (χ2n) is 6.13. The number of carbonyl (C=O) groups is 1. The van der Waals surface area contributed by atoms with Crippen molar-refractivity contribution < 1.29 is 9.90 Å². The van der Waals surface area contributed by atoms with Crippen LogP contribution in [0.3, 0.4) is 0 Å². The minimum Gasteiger partial charge on any atom is -0.481 e. The van der Waals surface area contributed by atoms with Gasteiger partial charge in [0.2, 0.25) is 0 Å². The van der Waals surface area contributed by atoms with Gasteiger partial charge in [-0.15, -0.1) is 0 Å². The van der Waals surface area contributed by atoms with Gasteiger partial charge in [-0.25, -0.2) is 0 Å². The van der Waals surface area contributed by atoms with Crippen LogP contribution in [0, 0.1) is 11.3 Å². The Morgan fingerprint density at radius 1 is 1.39 bits per heavy atom. The Balaban J connectivity index is 2.56. The summed E-state index contributed by atoms with van der Waals surface area (Å²) in [6, 6.07) is 5.84. The van der Waals surface area contributed by atoms with Crippen LogP contribution in [0.4, 0.5) is 0 Å². The summed E-state index contributed by atoms with van der Waals surface area (Å²) >= 11 is 6.24. The van der Waals surface area contributed by atoms with Crippen LogP contribution in [0.15, 0.2) is 18.2 Å². The average molecular weight is 267 g/mol. The molecule has 2 nitrogen and oxygen atoms in total. The molecular weight excluding hydrogens is 248 g/mol. The Morgan fingerprint density at radius 3 is 2.61 bits per heavy atom. The lowest BCUT2D eigenvalue weighted by molar-refractivity contribution is -0.144. The van der Waals surface area contributed by atoms with Crippen molar-refractivity contribution in [3.05, 3.63) is 34.3 Å². The molecule has 98 valence electrons. The average Bonchev–Trinajstić information content (AvgIpc) is 2.26. The Morgan fingerprint density at radius 2 is 2.06 bits per heavy atom. The maximum absolute atomic E-state index is 11.5. The number of aliphatic carboxylic acids is 1. The lowest BCUT2D eigenvalue weighted by atomic mass is 9.64. The minimum atomic E-state index is -0.694. The Labute approximate surface area is 113 Å². The van der Waals surface area contributed by atoms with E-state index in [1.807, 2.05) is 18.2 Å². The summed E-state index contributed by atoms with van der Waals surface area (Å²) in [5.74, 6) is -0.978.